The molecule has 0 radical (unpaired) electrons. The third kappa shape index (κ3) is 2.82. The molecular weight excluding hydrogens is 240 g/mol. The maximum Gasteiger partial charge on any atom is 0.0966 e. The van der Waals surface area contributed by atoms with Crippen LogP contribution >= 0.6 is 34.8 Å². The van der Waals surface area contributed by atoms with Crippen molar-refractivity contribution in [1.29, 1.82) is 5.26 Å². The highest BCUT2D eigenvalue weighted by molar-refractivity contribution is 6.48. The van der Waals surface area contributed by atoms with Crippen molar-refractivity contribution >= 4 is 34.8 Å². The Kier molecular flexibility index (Phi) is 4.11. The summed E-state index contributed by atoms with van der Waals surface area (Å²) in [5.74, 6) is 5.41. The molecule has 0 fully saturated rings. The molecule has 0 N–H and O–H groups in total. The van der Waals surface area contributed by atoms with Crippen molar-refractivity contribution < 1.29 is 0 Å². The van der Waals surface area contributed by atoms with Crippen LogP contribution in [-0.4, -0.2) is 0 Å². The molecule has 0 aliphatic carbocycles. The average molecular weight is 245 g/mol. The molecule has 70 valence electrons. The number of hydrogen-bond acceptors (Lipinski definition) is 1. The van der Waals surface area contributed by atoms with Crippen LogP contribution in [0.3, 0.4) is 0 Å². The van der Waals surface area contributed by atoms with Gasteiger partial charge in [-0.1, -0.05) is 46.6 Å². The van der Waals surface area contributed by atoms with E-state index in [2.05, 4.69) is 11.8 Å². The second-order valence-electron chi connectivity index (χ2n) is 2.39. The van der Waals surface area contributed by atoms with Crippen molar-refractivity contribution in [2.45, 2.75) is 6.42 Å². The average Bonchev–Trinajstić information content (AvgIpc) is 2.14. The quantitative estimate of drug-likeness (QED) is 0.501. The smallest absolute Gasteiger partial charge is 0.0966 e. The maximum atomic E-state index is 8.27. The molecule has 0 bridgehead atoms. The molecule has 0 amide bonds. The van der Waals surface area contributed by atoms with Gasteiger partial charge in [-0.25, -0.2) is 0 Å². The first-order valence-corrected chi connectivity index (χ1v) is 4.79. The SMILES string of the molecule is N#CCC#Cc1cc(Cl)c(Cl)c(Cl)c1. The van der Waals surface area contributed by atoms with Gasteiger partial charge >= 0.3 is 0 Å². The summed E-state index contributed by atoms with van der Waals surface area (Å²) in [5.41, 5.74) is 0.652. The Bertz CT molecular complexity index is 426. The fourth-order valence-corrected chi connectivity index (χ4v) is 1.41. The van der Waals surface area contributed by atoms with Gasteiger partial charge in [-0.05, 0) is 12.1 Å². The lowest BCUT2D eigenvalue weighted by molar-refractivity contribution is 1.39. The summed E-state index contributed by atoms with van der Waals surface area (Å²) in [5, 5.41) is 9.31. The minimum absolute atomic E-state index is 0.178. The lowest BCUT2D eigenvalue weighted by atomic mass is 10.2. The molecule has 1 aromatic carbocycles. The first-order chi connectivity index (χ1) is 6.65. The third-order valence-corrected chi connectivity index (χ3v) is 2.58. The summed E-state index contributed by atoms with van der Waals surface area (Å²) in [6.45, 7) is 0. The van der Waals surface area contributed by atoms with E-state index in [0.717, 1.165) is 0 Å². The predicted molar refractivity (Wildman–Crippen MR) is 58.6 cm³/mol. The van der Waals surface area contributed by atoms with Crippen LogP contribution in [0.25, 0.3) is 0 Å². The topological polar surface area (TPSA) is 23.8 Å². The minimum Gasteiger partial charge on any atom is -0.197 e. The van der Waals surface area contributed by atoms with E-state index in [1.165, 1.54) is 0 Å². The Morgan fingerprint density at radius 2 is 1.71 bits per heavy atom. The van der Waals surface area contributed by atoms with Crippen LogP contribution in [0.4, 0.5) is 0 Å². The second-order valence-corrected chi connectivity index (χ2v) is 3.58. The van der Waals surface area contributed by atoms with Gasteiger partial charge < -0.3 is 0 Å². The van der Waals surface area contributed by atoms with Crippen molar-refractivity contribution in [3.05, 3.63) is 32.8 Å². The zero-order chi connectivity index (χ0) is 10.6. The van der Waals surface area contributed by atoms with Crippen molar-refractivity contribution in [3.8, 4) is 17.9 Å². The molecule has 14 heavy (non-hydrogen) atoms. The lowest BCUT2D eigenvalue weighted by Crippen LogP contribution is -1.78. The molecule has 0 spiro atoms. The van der Waals surface area contributed by atoms with E-state index < -0.39 is 0 Å². The summed E-state index contributed by atoms with van der Waals surface area (Å²) in [4.78, 5) is 0. The van der Waals surface area contributed by atoms with E-state index in [1.54, 1.807) is 12.1 Å². The fourth-order valence-electron chi connectivity index (χ4n) is 0.813. The van der Waals surface area contributed by atoms with E-state index >= 15 is 0 Å². The highest BCUT2D eigenvalue weighted by Crippen LogP contribution is 2.30. The van der Waals surface area contributed by atoms with Crippen LogP contribution in [0.15, 0.2) is 12.1 Å². The van der Waals surface area contributed by atoms with Gasteiger partial charge in [0.05, 0.1) is 27.6 Å². The zero-order valence-electron chi connectivity index (χ0n) is 6.94. The molecule has 0 aromatic heterocycles. The Morgan fingerprint density at radius 1 is 1.14 bits per heavy atom. The molecule has 1 nitrogen and oxygen atoms in total. The molecule has 0 unspecified atom stereocenters. The number of nitrogens with zero attached hydrogens (tertiary/aromatic N) is 1. The molecule has 0 aliphatic heterocycles. The van der Waals surface area contributed by atoms with Gasteiger partial charge in [0, 0.05) is 5.56 Å². The van der Waals surface area contributed by atoms with Crippen molar-refractivity contribution in [3.63, 3.8) is 0 Å². The van der Waals surface area contributed by atoms with E-state index in [1.807, 2.05) is 6.07 Å². The van der Waals surface area contributed by atoms with Gasteiger partial charge in [-0.15, -0.1) is 0 Å². The normalized spacial score (nSPS) is 8.71. The summed E-state index contributed by atoms with van der Waals surface area (Å²) < 4.78 is 0. The van der Waals surface area contributed by atoms with Gasteiger partial charge in [0.2, 0.25) is 0 Å². The Hall–Kier alpha value is -0.860. The van der Waals surface area contributed by atoms with Crippen LogP contribution in [0.5, 0.6) is 0 Å². The molecular formula is C10H4Cl3N. The van der Waals surface area contributed by atoms with Crippen molar-refractivity contribution in [2.24, 2.45) is 0 Å². The first kappa shape index (κ1) is 11.2. The monoisotopic (exact) mass is 243 g/mol. The van der Waals surface area contributed by atoms with Crippen molar-refractivity contribution in [2.75, 3.05) is 0 Å². The van der Waals surface area contributed by atoms with Gasteiger partial charge in [0.25, 0.3) is 0 Å². The summed E-state index contributed by atoms with van der Waals surface area (Å²) in [6, 6.07) is 5.14. The number of benzene rings is 1. The molecule has 0 saturated carbocycles. The molecule has 4 heteroatoms. The standard InChI is InChI=1S/C10H4Cl3N/c11-8-5-7(3-1-2-4-14)6-9(12)10(8)13/h5-6H,2H2. The Balaban J connectivity index is 3.04. The van der Waals surface area contributed by atoms with Crippen LogP contribution in [-0.2, 0) is 0 Å². The van der Waals surface area contributed by atoms with Gasteiger partial charge in [0.15, 0.2) is 0 Å². The van der Waals surface area contributed by atoms with E-state index in [-0.39, 0.29) is 6.42 Å². The Labute approximate surface area is 97.2 Å². The van der Waals surface area contributed by atoms with Crippen LogP contribution in [0, 0.1) is 23.2 Å². The van der Waals surface area contributed by atoms with Crippen LogP contribution in [0.1, 0.15) is 12.0 Å². The highest BCUT2D eigenvalue weighted by Gasteiger charge is 2.03. The highest BCUT2D eigenvalue weighted by atomic mass is 35.5. The fraction of sp³-hybridized carbons (Fsp3) is 0.100. The number of hydrogen-bond donors (Lipinski definition) is 0. The first-order valence-electron chi connectivity index (χ1n) is 3.65. The van der Waals surface area contributed by atoms with Crippen LogP contribution in [0.2, 0.25) is 15.1 Å². The third-order valence-electron chi connectivity index (χ3n) is 1.38. The molecule has 1 rings (SSSR count). The van der Waals surface area contributed by atoms with E-state index in [4.69, 9.17) is 40.1 Å². The lowest BCUT2D eigenvalue weighted by Gasteiger charge is -1.99. The molecule has 0 aliphatic rings. The summed E-state index contributed by atoms with van der Waals surface area (Å²) in [6.07, 6.45) is 0.178. The van der Waals surface area contributed by atoms with Gasteiger partial charge in [0.1, 0.15) is 0 Å². The van der Waals surface area contributed by atoms with Gasteiger partial charge in [-0.2, -0.15) is 5.26 Å². The predicted octanol–water partition coefficient (Wildman–Crippen LogP) is 3.91. The number of nitriles is 1. The zero-order valence-corrected chi connectivity index (χ0v) is 9.21. The van der Waals surface area contributed by atoms with Crippen LogP contribution < -0.4 is 0 Å². The molecule has 0 saturated heterocycles. The summed E-state index contributed by atoms with van der Waals surface area (Å²) in [7, 11) is 0. The second kappa shape index (κ2) is 5.13. The van der Waals surface area contributed by atoms with Crippen molar-refractivity contribution in [1.82, 2.24) is 0 Å². The molecule has 0 heterocycles. The van der Waals surface area contributed by atoms with E-state index in [9.17, 15) is 0 Å². The molecule has 1 aromatic rings. The maximum absolute atomic E-state index is 8.27. The van der Waals surface area contributed by atoms with Gasteiger partial charge in [-0.3, -0.25) is 0 Å². The largest absolute Gasteiger partial charge is 0.197 e. The molecule has 0 atom stereocenters. The summed E-state index contributed by atoms with van der Waals surface area (Å²) >= 11 is 17.3. The number of halogens is 3. The minimum atomic E-state index is 0.178. The van der Waals surface area contributed by atoms with E-state index in [0.29, 0.717) is 20.6 Å². The number of rotatable bonds is 0. The Morgan fingerprint density at radius 3 is 2.21 bits per heavy atom.